The lowest BCUT2D eigenvalue weighted by Crippen LogP contribution is -2.17. The Morgan fingerprint density at radius 2 is 1.85 bits per heavy atom. The van der Waals surface area contributed by atoms with Crippen LogP contribution in [0.1, 0.15) is 32.2 Å². The highest BCUT2D eigenvalue weighted by Gasteiger charge is 2.11. The first-order chi connectivity index (χ1) is 13.0. The molecule has 0 radical (unpaired) electrons. The van der Waals surface area contributed by atoms with Gasteiger partial charge in [-0.05, 0) is 43.3 Å². The third kappa shape index (κ3) is 4.72. The number of anilines is 1. The van der Waals surface area contributed by atoms with Crippen LogP contribution in [0.25, 0.3) is 0 Å². The van der Waals surface area contributed by atoms with E-state index >= 15 is 0 Å². The molecule has 1 aromatic heterocycles. The molecule has 0 aliphatic rings. The van der Waals surface area contributed by atoms with Crippen LogP contribution in [-0.2, 0) is 6.61 Å². The summed E-state index contributed by atoms with van der Waals surface area (Å²) in [6.45, 7) is 2.08. The maximum absolute atomic E-state index is 12.2. The van der Waals surface area contributed by atoms with Crippen LogP contribution < -0.4 is 15.4 Å². The van der Waals surface area contributed by atoms with Crippen molar-refractivity contribution in [1.82, 2.24) is 10.5 Å². The van der Waals surface area contributed by atoms with Gasteiger partial charge in [0.2, 0.25) is 0 Å². The van der Waals surface area contributed by atoms with E-state index in [9.17, 15) is 9.59 Å². The van der Waals surface area contributed by atoms with Gasteiger partial charge < -0.3 is 19.9 Å². The Balaban J connectivity index is 1.56. The summed E-state index contributed by atoms with van der Waals surface area (Å²) in [5.41, 5.74) is 2.49. The maximum Gasteiger partial charge on any atom is 0.273 e. The predicted molar refractivity (Wildman–Crippen MR) is 99.8 cm³/mol. The topological polar surface area (TPSA) is 93.5 Å². The van der Waals surface area contributed by atoms with Crippen molar-refractivity contribution >= 4 is 17.5 Å². The van der Waals surface area contributed by atoms with E-state index in [0.717, 1.165) is 5.56 Å². The molecule has 7 nitrogen and oxygen atoms in total. The molecule has 3 rings (SSSR count). The molecular weight excluding hydrogens is 346 g/mol. The van der Waals surface area contributed by atoms with Gasteiger partial charge in [0, 0.05) is 24.4 Å². The van der Waals surface area contributed by atoms with Gasteiger partial charge in [0.05, 0.1) is 0 Å². The lowest BCUT2D eigenvalue weighted by Gasteiger charge is -2.08. The van der Waals surface area contributed by atoms with Crippen molar-refractivity contribution in [2.24, 2.45) is 0 Å². The molecule has 138 valence electrons. The minimum absolute atomic E-state index is 0.138. The Hall–Kier alpha value is -3.61. The molecule has 0 saturated heterocycles. The van der Waals surface area contributed by atoms with E-state index in [1.807, 2.05) is 25.1 Å². The Morgan fingerprint density at radius 3 is 2.56 bits per heavy atom. The fourth-order valence-corrected chi connectivity index (χ4v) is 2.39. The second-order valence-corrected chi connectivity index (χ2v) is 5.89. The molecule has 0 unspecified atom stereocenters. The molecule has 27 heavy (non-hydrogen) atoms. The number of amides is 2. The molecule has 0 aliphatic heterocycles. The maximum atomic E-state index is 12.2. The Morgan fingerprint density at radius 1 is 1.07 bits per heavy atom. The number of carbonyl (C=O) groups is 2. The van der Waals surface area contributed by atoms with Crippen LogP contribution in [0.5, 0.6) is 5.75 Å². The zero-order valence-electron chi connectivity index (χ0n) is 15.0. The van der Waals surface area contributed by atoms with Gasteiger partial charge in [0.15, 0.2) is 11.5 Å². The van der Waals surface area contributed by atoms with E-state index < -0.39 is 0 Å². The van der Waals surface area contributed by atoms with Crippen LogP contribution in [0.2, 0.25) is 0 Å². The van der Waals surface area contributed by atoms with Gasteiger partial charge in [-0.15, -0.1) is 0 Å². The number of aryl methyl sites for hydroxylation is 1. The number of hydrogen-bond donors (Lipinski definition) is 2. The summed E-state index contributed by atoms with van der Waals surface area (Å²) in [6, 6.07) is 15.9. The first-order valence-electron chi connectivity index (χ1n) is 8.33. The number of benzene rings is 2. The monoisotopic (exact) mass is 365 g/mol. The van der Waals surface area contributed by atoms with Crippen molar-refractivity contribution in [1.29, 1.82) is 0 Å². The van der Waals surface area contributed by atoms with E-state index in [4.69, 9.17) is 9.26 Å². The molecule has 1 heterocycles. The van der Waals surface area contributed by atoms with Crippen LogP contribution in [0.15, 0.2) is 59.1 Å². The fraction of sp³-hybridized carbons (Fsp3) is 0.150. The summed E-state index contributed by atoms with van der Waals surface area (Å²) in [5.74, 6) is 0.543. The van der Waals surface area contributed by atoms with Gasteiger partial charge in [-0.2, -0.15) is 0 Å². The molecular formula is C20H19N3O4. The number of carbonyl (C=O) groups excluding carboxylic acids is 2. The normalized spacial score (nSPS) is 10.3. The molecule has 0 spiro atoms. The van der Waals surface area contributed by atoms with Gasteiger partial charge in [-0.25, -0.2) is 0 Å². The van der Waals surface area contributed by atoms with Crippen molar-refractivity contribution in [3.8, 4) is 5.75 Å². The van der Waals surface area contributed by atoms with E-state index in [1.165, 1.54) is 13.1 Å². The summed E-state index contributed by atoms with van der Waals surface area (Å²) in [5, 5.41) is 8.98. The number of aromatic nitrogens is 1. The van der Waals surface area contributed by atoms with Gasteiger partial charge in [0.25, 0.3) is 11.8 Å². The first-order valence-corrected chi connectivity index (χ1v) is 8.33. The SMILES string of the molecule is CNC(=O)c1cc(COc2ccc(NC(=O)c3cccc(C)c3)cc2)on1. The van der Waals surface area contributed by atoms with Crippen molar-refractivity contribution < 1.29 is 18.8 Å². The van der Waals surface area contributed by atoms with Gasteiger partial charge >= 0.3 is 0 Å². The van der Waals surface area contributed by atoms with Gasteiger partial charge in [-0.1, -0.05) is 22.9 Å². The van der Waals surface area contributed by atoms with Crippen molar-refractivity contribution in [2.75, 3.05) is 12.4 Å². The lowest BCUT2D eigenvalue weighted by molar-refractivity contribution is 0.0953. The number of nitrogens with zero attached hydrogens (tertiary/aromatic N) is 1. The average molecular weight is 365 g/mol. The lowest BCUT2D eigenvalue weighted by atomic mass is 10.1. The summed E-state index contributed by atoms with van der Waals surface area (Å²) in [7, 11) is 1.52. The largest absolute Gasteiger partial charge is 0.486 e. The van der Waals surface area contributed by atoms with Gasteiger partial charge in [-0.3, -0.25) is 9.59 Å². The molecule has 0 fully saturated rings. The van der Waals surface area contributed by atoms with Crippen LogP contribution >= 0.6 is 0 Å². The van der Waals surface area contributed by atoms with Crippen LogP contribution in [-0.4, -0.2) is 24.0 Å². The zero-order chi connectivity index (χ0) is 19.2. The zero-order valence-corrected chi connectivity index (χ0v) is 15.0. The van der Waals surface area contributed by atoms with E-state index in [1.54, 1.807) is 30.3 Å². The van der Waals surface area contributed by atoms with Gasteiger partial charge in [0.1, 0.15) is 12.4 Å². The average Bonchev–Trinajstić information content (AvgIpc) is 3.16. The van der Waals surface area contributed by atoms with E-state index in [2.05, 4.69) is 15.8 Å². The molecule has 0 bridgehead atoms. The summed E-state index contributed by atoms with van der Waals surface area (Å²) >= 11 is 0. The number of ether oxygens (including phenoxy) is 1. The van der Waals surface area contributed by atoms with Crippen molar-refractivity contribution in [3.63, 3.8) is 0 Å². The summed E-state index contributed by atoms with van der Waals surface area (Å²) in [6.07, 6.45) is 0. The first kappa shape index (κ1) is 18.2. The molecule has 2 aromatic carbocycles. The third-order valence-electron chi connectivity index (χ3n) is 3.79. The van der Waals surface area contributed by atoms with Crippen molar-refractivity contribution in [3.05, 3.63) is 77.2 Å². The molecule has 0 saturated carbocycles. The predicted octanol–water partition coefficient (Wildman–Crippen LogP) is 3.17. The highest BCUT2D eigenvalue weighted by atomic mass is 16.5. The standard InChI is InChI=1S/C20H19N3O4/c1-13-4-3-5-14(10-13)19(24)22-15-6-8-16(9-7-15)26-12-17-11-18(23-27-17)20(25)21-2/h3-11H,12H2,1-2H3,(H,21,25)(H,22,24). The smallest absolute Gasteiger partial charge is 0.273 e. The van der Waals surface area contributed by atoms with Crippen LogP contribution in [0.4, 0.5) is 5.69 Å². The minimum atomic E-state index is -0.321. The number of hydrogen-bond acceptors (Lipinski definition) is 5. The molecule has 3 aromatic rings. The number of rotatable bonds is 6. The fourth-order valence-electron chi connectivity index (χ4n) is 2.39. The molecule has 2 amide bonds. The number of nitrogens with one attached hydrogen (secondary N) is 2. The Labute approximate surface area is 156 Å². The quantitative estimate of drug-likeness (QED) is 0.700. The molecule has 0 atom stereocenters. The second kappa shape index (κ2) is 8.18. The molecule has 7 heteroatoms. The third-order valence-corrected chi connectivity index (χ3v) is 3.79. The second-order valence-electron chi connectivity index (χ2n) is 5.89. The molecule has 0 aliphatic carbocycles. The molecule has 2 N–H and O–H groups in total. The minimum Gasteiger partial charge on any atom is -0.486 e. The van der Waals surface area contributed by atoms with E-state index in [-0.39, 0.29) is 24.1 Å². The van der Waals surface area contributed by atoms with Crippen molar-refractivity contribution in [2.45, 2.75) is 13.5 Å². The summed E-state index contributed by atoms with van der Waals surface area (Å²) < 4.78 is 10.7. The van der Waals surface area contributed by atoms with Crippen LogP contribution in [0.3, 0.4) is 0 Å². The Bertz CT molecular complexity index is 948. The highest BCUT2D eigenvalue weighted by molar-refractivity contribution is 6.04. The summed E-state index contributed by atoms with van der Waals surface area (Å²) in [4.78, 5) is 23.7. The van der Waals surface area contributed by atoms with E-state index in [0.29, 0.717) is 22.8 Å². The van der Waals surface area contributed by atoms with Crippen LogP contribution in [0, 0.1) is 6.92 Å². The highest BCUT2D eigenvalue weighted by Crippen LogP contribution is 2.18. The Kier molecular flexibility index (Phi) is 5.51.